The second-order valence-electron chi connectivity index (χ2n) is 6.81. The fourth-order valence-corrected chi connectivity index (χ4v) is 3.51. The highest BCUT2D eigenvalue weighted by Gasteiger charge is 2.33. The van der Waals surface area contributed by atoms with E-state index in [2.05, 4.69) is 73.6 Å². The van der Waals surface area contributed by atoms with Gasteiger partial charge in [0.2, 0.25) is 0 Å². The maximum atomic E-state index is 3.51. The molecule has 0 aliphatic carbocycles. The van der Waals surface area contributed by atoms with Crippen LogP contribution in [0.1, 0.15) is 38.3 Å². The number of rotatable bonds is 4. The largest absolute Gasteiger partial charge is 0.312 e. The molecule has 0 saturated carbocycles. The lowest BCUT2D eigenvalue weighted by molar-refractivity contribution is 0.158. The van der Waals surface area contributed by atoms with Crippen LogP contribution in [0.15, 0.2) is 42.5 Å². The van der Waals surface area contributed by atoms with Crippen LogP contribution >= 0.6 is 0 Å². The lowest BCUT2D eigenvalue weighted by Gasteiger charge is -2.34. The summed E-state index contributed by atoms with van der Waals surface area (Å²) in [6.07, 6.45) is 2.63. The van der Waals surface area contributed by atoms with E-state index in [0.717, 1.165) is 6.54 Å². The van der Waals surface area contributed by atoms with Gasteiger partial charge in [0.1, 0.15) is 0 Å². The quantitative estimate of drug-likeness (QED) is 0.912. The average Bonchev–Trinajstić information content (AvgIpc) is 2.83. The molecule has 1 aliphatic rings. The zero-order valence-corrected chi connectivity index (χ0v) is 13.4. The summed E-state index contributed by atoms with van der Waals surface area (Å²) in [4.78, 5) is 2.63. The topological polar surface area (TPSA) is 15.3 Å². The first kappa shape index (κ1) is 14.6. The first-order chi connectivity index (χ1) is 10.1. The molecule has 0 radical (unpaired) electrons. The van der Waals surface area contributed by atoms with Gasteiger partial charge in [0.15, 0.2) is 0 Å². The molecule has 0 aromatic heterocycles. The van der Waals surface area contributed by atoms with Crippen molar-refractivity contribution in [3.8, 4) is 0 Å². The molecule has 21 heavy (non-hydrogen) atoms. The van der Waals surface area contributed by atoms with Crippen LogP contribution in [-0.4, -0.2) is 30.6 Å². The van der Waals surface area contributed by atoms with Crippen molar-refractivity contribution in [2.24, 2.45) is 0 Å². The van der Waals surface area contributed by atoms with Crippen LogP contribution in [0.4, 0.5) is 0 Å². The van der Waals surface area contributed by atoms with Gasteiger partial charge >= 0.3 is 0 Å². The normalized spacial score (nSPS) is 20.0. The van der Waals surface area contributed by atoms with Gasteiger partial charge in [-0.15, -0.1) is 0 Å². The van der Waals surface area contributed by atoms with Crippen molar-refractivity contribution in [1.29, 1.82) is 0 Å². The molecule has 1 fully saturated rings. The molecule has 2 nitrogen and oxygen atoms in total. The summed E-state index contributed by atoms with van der Waals surface area (Å²) in [7, 11) is 2.07. The second kappa shape index (κ2) is 5.78. The highest BCUT2D eigenvalue weighted by Crippen LogP contribution is 2.30. The van der Waals surface area contributed by atoms with E-state index in [-0.39, 0.29) is 0 Å². The van der Waals surface area contributed by atoms with E-state index in [1.54, 1.807) is 0 Å². The van der Waals surface area contributed by atoms with Crippen molar-refractivity contribution < 1.29 is 0 Å². The Bertz CT molecular complexity index is 618. The van der Waals surface area contributed by atoms with Crippen LogP contribution in [0.5, 0.6) is 0 Å². The van der Waals surface area contributed by atoms with Gasteiger partial charge in [-0.25, -0.2) is 0 Å². The predicted octanol–water partition coefficient (Wildman–Crippen LogP) is 3.97. The van der Waals surface area contributed by atoms with Gasteiger partial charge in [-0.05, 0) is 62.7 Å². The fourth-order valence-electron chi connectivity index (χ4n) is 3.51. The Morgan fingerprint density at radius 3 is 2.57 bits per heavy atom. The van der Waals surface area contributed by atoms with Crippen molar-refractivity contribution in [2.75, 3.05) is 20.1 Å². The summed E-state index contributed by atoms with van der Waals surface area (Å²) in [5.41, 5.74) is 1.73. The lowest BCUT2D eigenvalue weighted by Crippen LogP contribution is -2.42. The van der Waals surface area contributed by atoms with E-state index in [0.29, 0.717) is 11.6 Å². The molecule has 1 saturated heterocycles. The summed E-state index contributed by atoms with van der Waals surface area (Å²) in [5, 5.41) is 6.15. The third-order valence-corrected chi connectivity index (χ3v) is 5.00. The molecule has 0 bridgehead atoms. The van der Waals surface area contributed by atoms with E-state index >= 15 is 0 Å². The van der Waals surface area contributed by atoms with Gasteiger partial charge in [0.25, 0.3) is 0 Å². The summed E-state index contributed by atoms with van der Waals surface area (Å²) in [5.74, 6) is 0. The molecule has 2 aromatic rings. The van der Waals surface area contributed by atoms with E-state index in [1.165, 1.54) is 35.7 Å². The first-order valence-corrected chi connectivity index (χ1v) is 8.01. The number of likely N-dealkylation sites (tertiary alicyclic amines) is 1. The maximum absolute atomic E-state index is 3.51. The second-order valence-corrected chi connectivity index (χ2v) is 6.81. The lowest BCUT2D eigenvalue weighted by atomic mass is 9.98. The zero-order chi connectivity index (χ0) is 14.9. The van der Waals surface area contributed by atoms with E-state index < -0.39 is 0 Å². The Morgan fingerprint density at radius 1 is 1.14 bits per heavy atom. The van der Waals surface area contributed by atoms with Gasteiger partial charge in [0.05, 0.1) is 0 Å². The van der Waals surface area contributed by atoms with Crippen LogP contribution in [0.3, 0.4) is 0 Å². The number of hydrogen-bond acceptors (Lipinski definition) is 2. The molecule has 1 N–H and O–H groups in total. The Morgan fingerprint density at radius 2 is 1.90 bits per heavy atom. The number of benzene rings is 2. The third kappa shape index (κ3) is 2.97. The molecule has 0 amide bonds. The smallest absolute Gasteiger partial charge is 0.0447 e. The van der Waals surface area contributed by atoms with E-state index in [9.17, 15) is 0 Å². The SMILES string of the molecule is CNC(CN1CCCC1(C)C)c1ccc2ccccc2c1. The highest BCUT2D eigenvalue weighted by atomic mass is 15.2. The minimum Gasteiger partial charge on any atom is -0.312 e. The van der Waals surface area contributed by atoms with Crippen LogP contribution < -0.4 is 5.32 Å². The molecule has 112 valence electrons. The van der Waals surface area contributed by atoms with Crippen LogP contribution in [0.25, 0.3) is 10.8 Å². The molecular weight excluding hydrogens is 256 g/mol. The van der Waals surface area contributed by atoms with Gasteiger partial charge in [-0.1, -0.05) is 36.4 Å². The molecule has 1 heterocycles. The number of nitrogens with zero attached hydrogens (tertiary/aromatic N) is 1. The summed E-state index contributed by atoms with van der Waals surface area (Å²) < 4.78 is 0. The van der Waals surface area contributed by atoms with Crippen LogP contribution in [0, 0.1) is 0 Å². The standard InChI is InChI=1S/C19H26N2/c1-19(2)11-6-12-21(19)14-18(20-3)17-10-9-15-7-4-5-8-16(15)13-17/h4-5,7-10,13,18,20H,6,11-12,14H2,1-3H3. The van der Waals surface area contributed by atoms with E-state index in [4.69, 9.17) is 0 Å². The Balaban J connectivity index is 1.84. The summed E-state index contributed by atoms with van der Waals surface area (Å²) >= 11 is 0. The third-order valence-electron chi connectivity index (χ3n) is 5.00. The average molecular weight is 282 g/mol. The van der Waals surface area contributed by atoms with Crippen molar-refractivity contribution in [3.05, 3.63) is 48.0 Å². The van der Waals surface area contributed by atoms with Crippen LogP contribution in [-0.2, 0) is 0 Å². The number of hydrogen-bond donors (Lipinski definition) is 1. The van der Waals surface area contributed by atoms with Gasteiger partial charge < -0.3 is 5.32 Å². The molecule has 2 heteroatoms. The molecular formula is C19H26N2. The predicted molar refractivity (Wildman–Crippen MR) is 90.6 cm³/mol. The van der Waals surface area contributed by atoms with Crippen molar-refractivity contribution >= 4 is 10.8 Å². The highest BCUT2D eigenvalue weighted by molar-refractivity contribution is 5.83. The molecule has 1 atom stereocenters. The van der Waals surface area contributed by atoms with Gasteiger partial charge in [-0.3, -0.25) is 4.90 Å². The molecule has 1 unspecified atom stereocenters. The Kier molecular flexibility index (Phi) is 4.01. The summed E-state index contributed by atoms with van der Waals surface area (Å²) in [6, 6.07) is 15.8. The Hall–Kier alpha value is -1.38. The minimum absolute atomic E-state index is 0.339. The zero-order valence-electron chi connectivity index (χ0n) is 13.4. The molecule has 3 rings (SSSR count). The van der Waals surface area contributed by atoms with E-state index in [1.807, 2.05) is 0 Å². The van der Waals surface area contributed by atoms with Crippen molar-refractivity contribution in [2.45, 2.75) is 38.3 Å². The summed E-state index contributed by atoms with van der Waals surface area (Å²) in [6.45, 7) is 7.04. The number of nitrogens with one attached hydrogen (secondary N) is 1. The Labute approximate surface area is 128 Å². The minimum atomic E-state index is 0.339. The van der Waals surface area contributed by atoms with Crippen molar-refractivity contribution in [1.82, 2.24) is 10.2 Å². The van der Waals surface area contributed by atoms with Gasteiger partial charge in [-0.2, -0.15) is 0 Å². The maximum Gasteiger partial charge on any atom is 0.0447 e. The van der Waals surface area contributed by atoms with Gasteiger partial charge in [0, 0.05) is 18.1 Å². The monoisotopic (exact) mass is 282 g/mol. The van der Waals surface area contributed by atoms with Crippen LogP contribution in [0.2, 0.25) is 0 Å². The molecule has 0 spiro atoms. The fraction of sp³-hybridized carbons (Fsp3) is 0.474. The number of fused-ring (bicyclic) bond motifs is 1. The number of likely N-dealkylation sites (N-methyl/N-ethyl adjacent to an activating group) is 1. The molecule has 2 aromatic carbocycles. The first-order valence-electron chi connectivity index (χ1n) is 8.01. The molecule has 1 aliphatic heterocycles. The van der Waals surface area contributed by atoms with Crippen molar-refractivity contribution in [3.63, 3.8) is 0 Å².